The van der Waals surface area contributed by atoms with Crippen molar-refractivity contribution in [3.8, 4) is 5.75 Å². The maximum Gasteiger partial charge on any atom is 0.173 e. The van der Waals surface area contributed by atoms with Gasteiger partial charge in [-0.3, -0.25) is 4.90 Å². The lowest BCUT2D eigenvalue weighted by Gasteiger charge is -2.40. The molecule has 3 aromatic rings. The van der Waals surface area contributed by atoms with Crippen LogP contribution < -0.4 is 9.64 Å². The van der Waals surface area contributed by atoms with E-state index >= 15 is 0 Å². The van der Waals surface area contributed by atoms with Crippen LogP contribution in [0.1, 0.15) is 30.3 Å². The standard InChI is InChI=1S/C24H29ClN6O2/c1-32-22-7-3-2-6-21(22)29-12-14-30(15-13-29)23(18-8-10-19(25)11-9-18)24-26-27-28-31(24)17-20-5-4-16-33-20/h2-3,6-11,20,23H,4-5,12-17H2,1H3/t20-,23+/m1/s1. The Balaban J connectivity index is 1.40. The third-order valence-corrected chi connectivity index (χ3v) is 6.75. The van der Waals surface area contributed by atoms with Gasteiger partial charge in [0.15, 0.2) is 5.82 Å². The molecule has 0 unspecified atom stereocenters. The van der Waals surface area contributed by atoms with E-state index in [1.807, 2.05) is 28.9 Å². The third kappa shape index (κ3) is 4.83. The van der Waals surface area contributed by atoms with Gasteiger partial charge in [0.1, 0.15) is 5.75 Å². The lowest BCUT2D eigenvalue weighted by Crippen LogP contribution is -2.48. The van der Waals surface area contributed by atoms with E-state index < -0.39 is 0 Å². The molecule has 3 heterocycles. The van der Waals surface area contributed by atoms with Crippen molar-refractivity contribution in [3.05, 3.63) is 64.9 Å². The fraction of sp³-hybridized carbons (Fsp3) is 0.458. The van der Waals surface area contributed by atoms with Gasteiger partial charge in [0, 0.05) is 37.8 Å². The van der Waals surface area contributed by atoms with Crippen molar-refractivity contribution >= 4 is 17.3 Å². The number of para-hydroxylation sites is 2. The summed E-state index contributed by atoms with van der Waals surface area (Å²) in [4.78, 5) is 4.83. The molecule has 5 rings (SSSR count). The van der Waals surface area contributed by atoms with Gasteiger partial charge in [-0.2, -0.15) is 0 Å². The lowest BCUT2D eigenvalue weighted by atomic mass is 10.0. The summed E-state index contributed by atoms with van der Waals surface area (Å²) in [7, 11) is 1.72. The molecule has 0 bridgehead atoms. The first kappa shape index (κ1) is 22.1. The van der Waals surface area contributed by atoms with Crippen molar-refractivity contribution in [3.63, 3.8) is 0 Å². The zero-order valence-corrected chi connectivity index (χ0v) is 19.6. The fourth-order valence-corrected chi connectivity index (χ4v) is 4.92. The number of hydrogen-bond donors (Lipinski definition) is 0. The largest absolute Gasteiger partial charge is 0.495 e. The average Bonchev–Trinajstić information content (AvgIpc) is 3.54. The molecule has 33 heavy (non-hydrogen) atoms. The van der Waals surface area contributed by atoms with Crippen molar-refractivity contribution in [1.29, 1.82) is 0 Å². The minimum absolute atomic E-state index is 0.0570. The number of piperazine rings is 1. The summed E-state index contributed by atoms with van der Waals surface area (Å²) < 4.78 is 13.3. The molecule has 2 aliphatic rings. The zero-order chi connectivity index (χ0) is 22.6. The molecule has 2 fully saturated rings. The second kappa shape index (κ2) is 10.1. The number of hydrogen-bond acceptors (Lipinski definition) is 7. The van der Waals surface area contributed by atoms with Gasteiger partial charge in [0.05, 0.1) is 31.5 Å². The molecule has 0 saturated carbocycles. The van der Waals surface area contributed by atoms with E-state index in [4.69, 9.17) is 21.1 Å². The van der Waals surface area contributed by atoms with Gasteiger partial charge in [0.2, 0.25) is 0 Å². The summed E-state index contributed by atoms with van der Waals surface area (Å²) in [6.45, 7) is 5.01. The highest BCUT2D eigenvalue weighted by Crippen LogP contribution is 2.33. The molecular formula is C24H29ClN6O2. The summed E-state index contributed by atoms with van der Waals surface area (Å²) in [5.41, 5.74) is 2.26. The predicted molar refractivity (Wildman–Crippen MR) is 127 cm³/mol. The molecule has 0 spiro atoms. The smallest absolute Gasteiger partial charge is 0.173 e. The van der Waals surface area contributed by atoms with Crippen LogP contribution in [0.25, 0.3) is 0 Å². The van der Waals surface area contributed by atoms with Gasteiger partial charge in [-0.25, -0.2) is 4.68 Å². The van der Waals surface area contributed by atoms with Crippen molar-refractivity contribution in [2.75, 3.05) is 44.8 Å². The van der Waals surface area contributed by atoms with Gasteiger partial charge >= 0.3 is 0 Å². The SMILES string of the molecule is COc1ccccc1N1CCN([C@@H](c2ccc(Cl)cc2)c2nnnn2C[C@H]2CCCO2)CC1. The molecule has 174 valence electrons. The molecule has 1 aromatic heterocycles. The number of tetrazole rings is 1. The highest BCUT2D eigenvalue weighted by atomic mass is 35.5. The number of aromatic nitrogens is 4. The summed E-state index contributed by atoms with van der Waals surface area (Å²) in [5.74, 6) is 1.75. The van der Waals surface area contributed by atoms with Gasteiger partial charge in [-0.05, 0) is 53.1 Å². The van der Waals surface area contributed by atoms with Gasteiger partial charge in [0.25, 0.3) is 0 Å². The molecule has 2 aromatic carbocycles. The summed E-state index contributed by atoms with van der Waals surface area (Å²) in [6.07, 6.45) is 2.30. The maximum atomic E-state index is 6.19. The van der Waals surface area contributed by atoms with E-state index in [2.05, 4.69) is 49.6 Å². The van der Waals surface area contributed by atoms with Gasteiger partial charge in [-0.1, -0.05) is 35.9 Å². The minimum Gasteiger partial charge on any atom is -0.495 e. The van der Waals surface area contributed by atoms with Crippen LogP contribution in [0.5, 0.6) is 5.75 Å². The van der Waals surface area contributed by atoms with Crippen LogP contribution in [-0.4, -0.2) is 71.1 Å². The van der Waals surface area contributed by atoms with E-state index in [9.17, 15) is 0 Å². The Bertz CT molecular complexity index is 1050. The van der Waals surface area contributed by atoms with Crippen molar-refractivity contribution in [2.24, 2.45) is 0 Å². The Morgan fingerprint density at radius 2 is 1.88 bits per heavy atom. The molecule has 2 atom stereocenters. The molecule has 2 aliphatic heterocycles. The first-order valence-electron chi connectivity index (χ1n) is 11.5. The average molecular weight is 469 g/mol. The van der Waals surface area contributed by atoms with E-state index in [1.54, 1.807) is 7.11 Å². The molecule has 0 radical (unpaired) electrons. The van der Waals surface area contributed by atoms with E-state index in [0.717, 1.165) is 73.5 Å². The van der Waals surface area contributed by atoms with Crippen LogP contribution in [0.2, 0.25) is 5.02 Å². The van der Waals surface area contributed by atoms with Gasteiger partial charge < -0.3 is 14.4 Å². The molecule has 0 aliphatic carbocycles. The Morgan fingerprint density at radius 3 is 2.61 bits per heavy atom. The van der Waals surface area contributed by atoms with Crippen LogP contribution in [0.15, 0.2) is 48.5 Å². The van der Waals surface area contributed by atoms with Crippen LogP contribution in [0.3, 0.4) is 0 Å². The summed E-state index contributed by atoms with van der Waals surface area (Å²) in [6, 6.07) is 16.1. The molecule has 9 heteroatoms. The van der Waals surface area contributed by atoms with Gasteiger partial charge in [-0.15, -0.1) is 5.10 Å². The molecule has 2 saturated heterocycles. The van der Waals surface area contributed by atoms with Crippen LogP contribution in [0.4, 0.5) is 5.69 Å². The quantitative estimate of drug-likeness (QED) is 0.526. The number of rotatable bonds is 7. The van der Waals surface area contributed by atoms with Crippen molar-refractivity contribution < 1.29 is 9.47 Å². The van der Waals surface area contributed by atoms with Crippen LogP contribution in [0, 0.1) is 0 Å². The predicted octanol–water partition coefficient (Wildman–Crippen LogP) is 3.43. The lowest BCUT2D eigenvalue weighted by molar-refractivity contribution is 0.0906. The number of ether oxygens (including phenoxy) is 2. The topological polar surface area (TPSA) is 68.5 Å². The van der Waals surface area contributed by atoms with E-state index in [0.29, 0.717) is 6.54 Å². The zero-order valence-electron chi connectivity index (χ0n) is 18.8. The summed E-state index contributed by atoms with van der Waals surface area (Å²) >= 11 is 6.19. The maximum absolute atomic E-state index is 6.19. The van der Waals surface area contributed by atoms with E-state index in [-0.39, 0.29) is 12.1 Å². The molecule has 0 amide bonds. The number of halogens is 1. The molecule has 8 nitrogen and oxygen atoms in total. The number of methoxy groups -OCH3 is 1. The number of nitrogens with zero attached hydrogens (tertiary/aromatic N) is 6. The van der Waals surface area contributed by atoms with Crippen LogP contribution in [-0.2, 0) is 11.3 Å². The third-order valence-electron chi connectivity index (χ3n) is 6.50. The Morgan fingerprint density at radius 1 is 1.09 bits per heavy atom. The van der Waals surface area contributed by atoms with E-state index in [1.165, 1.54) is 0 Å². The normalized spacial score (nSPS) is 20.2. The summed E-state index contributed by atoms with van der Waals surface area (Å²) in [5, 5.41) is 13.6. The number of benzene rings is 2. The first-order chi connectivity index (χ1) is 16.2. The second-order valence-corrected chi connectivity index (χ2v) is 8.94. The molecular weight excluding hydrogens is 440 g/mol. The minimum atomic E-state index is -0.0570. The van der Waals surface area contributed by atoms with Crippen LogP contribution >= 0.6 is 11.6 Å². The van der Waals surface area contributed by atoms with Crippen molar-refractivity contribution in [2.45, 2.75) is 31.5 Å². The Labute approximate surface area is 199 Å². The van der Waals surface area contributed by atoms with Crippen molar-refractivity contribution in [1.82, 2.24) is 25.1 Å². The Hall–Kier alpha value is -2.68. The fourth-order valence-electron chi connectivity index (χ4n) is 4.80. The first-order valence-corrected chi connectivity index (χ1v) is 11.9. The monoisotopic (exact) mass is 468 g/mol. The highest BCUT2D eigenvalue weighted by molar-refractivity contribution is 6.30. The molecule has 0 N–H and O–H groups in total. The number of anilines is 1. The highest BCUT2D eigenvalue weighted by Gasteiger charge is 2.32. The Kier molecular flexibility index (Phi) is 6.75. The second-order valence-electron chi connectivity index (χ2n) is 8.50.